The Morgan fingerprint density at radius 3 is 3.10 bits per heavy atom. The van der Waals surface area contributed by atoms with E-state index in [2.05, 4.69) is 36.6 Å². The molecule has 1 saturated carbocycles. The van der Waals surface area contributed by atoms with E-state index in [0.29, 0.717) is 12.6 Å². The van der Waals surface area contributed by atoms with Crippen LogP contribution in [0.5, 0.6) is 0 Å². The van der Waals surface area contributed by atoms with Crippen LogP contribution in [0.3, 0.4) is 0 Å². The zero-order valence-electron chi connectivity index (χ0n) is 12.8. The van der Waals surface area contributed by atoms with Gasteiger partial charge in [0.15, 0.2) is 11.8 Å². The monoisotopic (exact) mass is 308 g/mol. The Hall–Kier alpha value is -1.24. The first-order valence-electron chi connectivity index (χ1n) is 7.71. The Labute approximate surface area is 130 Å². The molecule has 2 unspecified atom stereocenters. The predicted molar refractivity (Wildman–Crippen MR) is 86.6 cm³/mol. The van der Waals surface area contributed by atoms with E-state index in [1.807, 2.05) is 18.8 Å². The minimum absolute atomic E-state index is 0.540. The molecule has 2 aliphatic rings. The van der Waals surface area contributed by atoms with Crippen LogP contribution in [-0.4, -0.2) is 45.3 Å². The summed E-state index contributed by atoms with van der Waals surface area (Å²) < 4.78 is 2.22. The standard InChI is InChI=1S/C14H24N6S/c1-15-14(17-10-5-6-11(8-10)21-2)16-9-13-19-18-12-4-3-7-20(12)13/h10-11H,3-9H2,1-2H3,(H2,15,16,17). The molecule has 0 aromatic carbocycles. The molecule has 7 heteroatoms. The minimum Gasteiger partial charge on any atom is -0.354 e. The van der Waals surface area contributed by atoms with E-state index in [1.54, 1.807) is 0 Å². The summed E-state index contributed by atoms with van der Waals surface area (Å²) in [7, 11) is 1.82. The van der Waals surface area contributed by atoms with Crippen LogP contribution in [0.4, 0.5) is 0 Å². The zero-order valence-corrected chi connectivity index (χ0v) is 13.6. The molecule has 0 radical (unpaired) electrons. The van der Waals surface area contributed by atoms with Gasteiger partial charge >= 0.3 is 0 Å². The maximum Gasteiger partial charge on any atom is 0.191 e. The molecule has 6 nitrogen and oxygen atoms in total. The van der Waals surface area contributed by atoms with E-state index < -0.39 is 0 Å². The van der Waals surface area contributed by atoms with Gasteiger partial charge in [0.1, 0.15) is 5.82 Å². The maximum absolute atomic E-state index is 4.33. The Bertz CT molecular complexity index is 512. The zero-order chi connectivity index (χ0) is 14.7. The molecule has 1 aliphatic carbocycles. The molecule has 0 amide bonds. The Morgan fingerprint density at radius 2 is 2.33 bits per heavy atom. The van der Waals surface area contributed by atoms with Crippen molar-refractivity contribution in [2.75, 3.05) is 13.3 Å². The van der Waals surface area contributed by atoms with E-state index in [4.69, 9.17) is 0 Å². The second-order valence-electron chi connectivity index (χ2n) is 5.73. The highest BCUT2D eigenvalue weighted by molar-refractivity contribution is 7.99. The van der Waals surface area contributed by atoms with E-state index in [9.17, 15) is 0 Å². The molecule has 0 spiro atoms. The fourth-order valence-corrected chi connectivity index (χ4v) is 3.97. The largest absolute Gasteiger partial charge is 0.354 e. The number of guanidine groups is 1. The van der Waals surface area contributed by atoms with Crippen molar-refractivity contribution in [1.29, 1.82) is 0 Å². The fourth-order valence-electron chi connectivity index (χ4n) is 3.18. The van der Waals surface area contributed by atoms with Crippen LogP contribution in [0, 0.1) is 0 Å². The third-order valence-electron chi connectivity index (χ3n) is 4.38. The van der Waals surface area contributed by atoms with Gasteiger partial charge in [-0.15, -0.1) is 10.2 Å². The summed E-state index contributed by atoms with van der Waals surface area (Å²) in [6.07, 6.45) is 8.19. The number of nitrogens with zero attached hydrogens (tertiary/aromatic N) is 4. The van der Waals surface area contributed by atoms with E-state index in [-0.39, 0.29) is 0 Å². The number of hydrogen-bond acceptors (Lipinski definition) is 4. The highest BCUT2D eigenvalue weighted by Crippen LogP contribution is 2.28. The third kappa shape index (κ3) is 3.33. The summed E-state index contributed by atoms with van der Waals surface area (Å²) in [5.41, 5.74) is 0. The summed E-state index contributed by atoms with van der Waals surface area (Å²) in [6, 6.07) is 0.540. The first kappa shape index (κ1) is 14.7. The molecule has 116 valence electrons. The number of aromatic nitrogens is 3. The maximum atomic E-state index is 4.33. The minimum atomic E-state index is 0.540. The molecule has 1 fully saturated rings. The Morgan fingerprint density at radius 1 is 1.43 bits per heavy atom. The van der Waals surface area contributed by atoms with Crippen molar-refractivity contribution in [3.05, 3.63) is 11.6 Å². The highest BCUT2D eigenvalue weighted by atomic mass is 32.2. The number of rotatable bonds is 4. The molecular formula is C14H24N6S. The summed E-state index contributed by atoms with van der Waals surface area (Å²) >= 11 is 1.97. The van der Waals surface area contributed by atoms with Crippen molar-refractivity contribution in [2.45, 2.75) is 56.5 Å². The van der Waals surface area contributed by atoms with Crippen LogP contribution in [0.25, 0.3) is 0 Å². The van der Waals surface area contributed by atoms with Gasteiger partial charge in [0.2, 0.25) is 0 Å². The van der Waals surface area contributed by atoms with Crippen molar-refractivity contribution in [1.82, 2.24) is 25.4 Å². The number of hydrogen-bond donors (Lipinski definition) is 2. The molecule has 2 N–H and O–H groups in total. The van der Waals surface area contributed by atoms with Gasteiger partial charge in [0.25, 0.3) is 0 Å². The number of thioether (sulfide) groups is 1. The lowest BCUT2D eigenvalue weighted by Gasteiger charge is -2.17. The predicted octanol–water partition coefficient (Wildman–Crippen LogP) is 1.17. The second kappa shape index (κ2) is 6.68. The van der Waals surface area contributed by atoms with E-state index in [1.165, 1.54) is 25.7 Å². The third-order valence-corrected chi connectivity index (χ3v) is 5.48. The molecule has 21 heavy (non-hydrogen) atoms. The summed E-state index contributed by atoms with van der Waals surface area (Å²) in [5, 5.41) is 16.2. The topological polar surface area (TPSA) is 67.1 Å². The SMILES string of the molecule is CN=C(NCc1nnc2n1CCC2)NC1CCC(SC)C1. The molecule has 0 bridgehead atoms. The summed E-state index contributed by atoms with van der Waals surface area (Å²) in [4.78, 5) is 4.33. The molecule has 2 heterocycles. The van der Waals surface area contributed by atoms with Crippen LogP contribution >= 0.6 is 11.8 Å². The van der Waals surface area contributed by atoms with Crippen molar-refractivity contribution >= 4 is 17.7 Å². The van der Waals surface area contributed by atoms with Crippen molar-refractivity contribution in [2.24, 2.45) is 4.99 Å². The number of fused-ring (bicyclic) bond motifs is 1. The van der Waals surface area contributed by atoms with Crippen molar-refractivity contribution < 1.29 is 0 Å². The van der Waals surface area contributed by atoms with E-state index in [0.717, 1.165) is 35.8 Å². The summed E-state index contributed by atoms with van der Waals surface area (Å²) in [5.74, 6) is 3.00. The lowest BCUT2D eigenvalue weighted by Crippen LogP contribution is -2.42. The molecule has 1 aliphatic heterocycles. The lowest BCUT2D eigenvalue weighted by atomic mass is 10.2. The number of aryl methyl sites for hydroxylation is 1. The second-order valence-corrected chi connectivity index (χ2v) is 6.86. The van der Waals surface area contributed by atoms with E-state index >= 15 is 0 Å². The van der Waals surface area contributed by atoms with Gasteiger partial charge in [-0.1, -0.05) is 0 Å². The molecular weight excluding hydrogens is 284 g/mol. The molecule has 1 aromatic rings. The Kier molecular flexibility index (Phi) is 4.67. The van der Waals surface area contributed by atoms with Crippen LogP contribution in [0.15, 0.2) is 4.99 Å². The van der Waals surface area contributed by atoms with Crippen LogP contribution in [0.2, 0.25) is 0 Å². The van der Waals surface area contributed by atoms with Gasteiger partial charge < -0.3 is 15.2 Å². The van der Waals surface area contributed by atoms with Gasteiger partial charge in [0, 0.05) is 31.3 Å². The van der Waals surface area contributed by atoms with Gasteiger partial charge in [-0.2, -0.15) is 11.8 Å². The number of aliphatic imine (C=N–C) groups is 1. The highest BCUT2D eigenvalue weighted by Gasteiger charge is 2.24. The van der Waals surface area contributed by atoms with Crippen LogP contribution in [0.1, 0.15) is 37.3 Å². The van der Waals surface area contributed by atoms with Gasteiger partial charge in [0.05, 0.1) is 6.54 Å². The summed E-state index contributed by atoms with van der Waals surface area (Å²) in [6.45, 7) is 1.73. The first-order chi connectivity index (χ1) is 10.3. The van der Waals surface area contributed by atoms with Gasteiger partial charge in [-0.05, 0) is 31.9 Å². The lowest BCUT2D eigenvalue weighted by molar-refractivity contribution is 0.605. The van der Waals surface area contributed by atoms with Gasteiger partial charge in [-0.25, -0.2) is 0 Å². The van der Waals surface area contributed by atoms with Gasteiger partial charge in [-0.3, -0.25) is 4.99 Å². The fraction of sp³-hybridized carbons (Fsp3) is 0.786. The normalized spacial score (nSPS) is 25.1. The number of nitrogens with one attached hydrogen (secondary N) is 2. The Balaban J connectivity index is 1.51. The molecule has 1 aromatic heterocycles. The van der Waals surface area contributed by atoms with Crippen LogP contribution < -0.4 is 10.6 Å². The molecule has 3 rings (SSSR count). The van der Waals surface area contributed by atoms with Crippen molar-refractivity contribution in [3.63, 3.8) is 0 Å². The quantitative estimate of drug-likeness (QED) is 0.646. The van der Waals surface area contributed by atoms with Crippen molar-refractivity contribution in [3.8, 4) is 0 Å². The first-order valence-corrected chi connectivity index (χ1v) is 9.00. The smallest absolute Gasteiger partial charge is 0.191 e. The average molecular weight is 308 g/mol. The van der Waals surface area contributed by atoms with Crippen LogP contribution in [-0.2, 0) is 19.5 Å². The average Bonchev–Trinajstić information content (AvgIpc) is 3.20. The molecule has 0 saturated heterocycles. The molecule has 2 atom stereocenters.